The maximum Gasteiger partial charge on any atom is 0.248 e. The zero-order valence-electron chi connectivity index (χ0n) is 13.3. The Hall–Kier alpha value is -0.860. The summed E-state index contributed by atoms with van der Waals surface area (Å²) in [6, 6.07) is 7.51. The molecule has 0 unspecified atom stereocenters. The summed E-state index contributed by atoms with van der Waals surface area (Å²) in [5.74, 6) is 0.121. The quantitative estimate of drug-likeness (QED) is 0.733. The van der Waals surface area contributed by atoms with Crippen molar-refractivity contribution < 1.29 is 13.2 Å². The van der Waals surface area contributed by atoms with Crippen molar-refractivity contribution in [2.75, 3.05) is 16.4 Å². The van der Waals surface area contributed by atoms with E-state index in [0.29, 0.717) is 11.6 Å². The highest BCUT2D eigenvalue weighted by Gasteiger charge is 2.49. The first kappa shape index (κ1) is 17.9. The molecule has 1 amide bonds. The number of hydrogen-bond donors (Lipinski definition) is 0. The van der Waals surface area contributed by atoms with Crippen LogP contribution in [-0.2, 0) is 14.6 Å². The van der Waals surface area contributed by atoms with Gasteiger partial charge >= 0.3 is 0 Å². The molecule has 3 rings (SSSR count). The molecule has 0 N–H and O–H groups in total. The predicted molar refractivity (Wildman–Crippen MR) is 102 cm³/mol. The highest BCUT2D eigenvalue weighted by atomic mass is 79.9. The average Bonchev–Trinajstić information content (AvgIpc) is 2.96. The molecule has 2 fully saturated rings. The predicted octanol–water partition coefficient (Wildman–Crippen LogP) is 3.24. The zero-order valence-corrected chi connectivity index (χ0v) is 16.5. The molecule has 2 saturated heterocycles. The van der Waals surface area contributed by atoms with Gasteiger partial charge in [-0.1, -0.05) is 47.1 Å². The number of thioether (sulfide) groups is 1. The van der Waals surface area contributed by atoms with Crippen LogP contribution >= 0.6 is 27.7 Å². The second-order valence-electron chi connectivity index (χ2n) is 6.04. The van der Waals surface area contributed by atoms with Gasteiger partial charge in [0.15, 0.2) is 15.0 Å². The average molecular weight is 431 g/mol. The lowest BCUT2D eigenvalue weighted by Gasteiger charge is -2.24. The Kier molecular flexibility index (Phi) is 5.36. The monoisotopic (exact) mass is 430 g/mol. The summed E-state index contributed by atoms with van der Waals surface area (Å²) in [4.78, 5) is 18.3. The van der Waals surface area contributed by atoms with Crippen LogP contribution in [0.2, 0.25) is 0 Å². The molecule has 1 aromatic rings. The second-order valence-corrected chi connectivity index (χ2v) is 10.3. The third kappa shape index (κ3) is 3.86. The first-order valence-corrected chi connectivity index (χ1v) is 11.4. The van der Waals surface area contributed by atoms with Crippen molar-refractivity contribution in [2.45, 2.75) is 37.5 Å². The minimum absolute atomic E-state index is 0.0632. The summed E-state index contributed by atoms with van der Waals surface area (Å²) < 4.78 is 24.9. The van der Waals surface area contributed by atoms with Gasteiger partial charge in [0.05, 0.1) is 17.5 Å². The van der Waals surface area contributed by atoms with Crippen molar-refractivity contribution >= 4 is 54.3 Å². The van der Waals surface area contributed by atoms with Crippen LogP contribution in [0.3, 0.4) is 0 Å². The number of carbonyl (C=O) groups excluding carboxylic acids is 1. The van der Waals surface area contributed by atoms with E-state index in [1.54, 1.807) is 0 Å². The second kappa shape index (κ2) is 7.17. The number of amidine groups is 1. The minimum atomic E-state index is -3.04. The number of carbonyl (C=O) groups is 1. The van der Waals surface area contributed by atoms with E-state index in [9.17, 15) is 13.2 Å². The van der Waals surface area contributed by atoms with Crippen molar-refractivity contribution in [1.82, 2.24) is 0 Å². The molecule has 2 aliphatic rings. The molecular formula is C16H19BrN2O3S2. The van der Waals surface area contributed by atoms with Crippen LogP contribution in [0.5, 0.6) is 0 Å². The van der Waals surface area contributed by atoms with Gasteiger partial charge in [-0.3, -0.25) is 4.79 Å². The highest BCUT2D eigenvalue weighted by Crippen LogP contribution is 2.41. The van der Waals surface area contributed by atoms with Crippen molar-refractivity contribution in [3.63, 3.8) is 0 Å². The minimum Gasteiger partial charge on any atom is -0.316 e. The van der Waals surface area contributed by atoms with E-state index < -0.39 is 9.84 Å². The molecule has 0 saturated carbocycles. The largest absolute Gasteiger partial charge is 0.316 e. The Labute approximate surface area is 155 Å². The lowest BCUT2D eigenvalue weighted by Crippen LogP contribution is -2.37. The maximum absolute atomic E-state index is 12.1. The van der Waals surface area contributed by atoms with Crippen LogP contribution in [0, 0.1) is 0 Å². The Morgan fingerprint density at radius 2 is 2.21 bits per heavy atom. The molecule has 0 radical (unpaired) electrons. The molecule has 5 nitrogen and oxygen atoms in total. The van der Waals surface area contributed by atoms with Gasteiger partial charge in [-0.05, 0) is 24.6 Å². The number of amides is 1. The number of halogens is 1. The SMILES string of the molecule is CCCCC(=O)N=C1S[C@@H]2CS(=O)(=O)C[C@@H]2N1c1cccc(Br)c1. The van der Waals surface area contributed by atoms with Gasteiger partial charge in [-0.25, -0.2) is 8.42 Å². The topological polar surface area (TPSA) is 66.8 Å². The van der Waals surface area contributed by atoms with Gasteiger partial charge in [0.2, 0.25) is 5.91 Å². The Balaban J connectivity index is 1.94. The molecule has 0 aliphatic carbocycles. The molecule has 0 bridgehead atoms. The fourth-order valence-corrected chi connectivity index (χ4v) is 7.30. The van der Waals surface area contributed by atoms with Crippen LogP contribution in [0.1, 0.15) is 26.2 Å². The van der Waals surface area contributed by atoms with Crippen LogP contribution in [0.25, 0.3) is 0 Å². The van der Waals surface area contributed by atoms with E-state index in [0.717, 1.165) is 23.0 Å². The van der Waals surface area contributed by atoms with Gasteiger partial charge in [-0.15, -0.1) is 0 Å². The summed E-state index contributed by atoms with van der Waals surface area (Å²) in [5, 5.41) is 0.561. The van der Waals surface area contributed by atoms with Crippen molar-refractivity contribution in [3.05, 3.63) is 28.7 Å². The van der Waals surface area contributed by atoms with Gasteiger partial charge in [0.1, 0.15) is 0 Å². The summed E-state index contributed by atoms with van der Waals surface area (Å²) in [6.45, 7) is 2.04. The molecule has 0 spiro atoms. The Morgan fingerprint density at radius 1 is 1.42 bits per heavy atom. The fourth-order valence-electron chi connectivity index (χ4n) is 2.98. The smallest absolute Gasteiger partial charge is 0.248 e. The number of nitrogens with zero attached hydrogens (tertiary/aromatic N) is 2. The first-order valence-electron chi connectivity index (χ1n) is 7.93. The molecule has 1 aromatic carbocycles. The summed E-state index contributed by atoms with van der Waals surface area (Å²) >= 11 is 4.87. The summed E-state index contributed by atoms with van der Waals surface area (Å²) in [5.41, 5.74) is 0.864. The molecule has 130 valence electrons. The van der Waals surface area contributed by atoms with Gasteiger partial charge in [0.25, 0.3) is 0 Å². The van der Waals surface area contributed by atoms with Crippen molar-refractivity contribution in [3.8, 4) is 0 Å². The third-order valence-corrected chi connectivity index (χ3v) is 7.82. The molecule has 2 heterocycles. The highest BCUT2D eigenvalue weighted by molar-refractivity contribution is 9.10. The van der Waals surface area contributed by atoms with E-state index in [1.165, 1.54) is 11.8 Å². The van der Waals surface area contributed by atoms with Crippen LogP contribution in [0.15, 0.2) is 33.7 Å². The summed E-state index contributed by atoms with van der Waals surface area (Å²) in [7, 11) is -3.04. The number of unbranched alkanes of at least 4 members (excludes halogenated alkanes) is 1. The number of rotatable bonds is 4. The number of sulfone groups is 1. The molecule has 8 heteroatoms. The van der Waals surface area contributed by atoms with Crippen molar-refractivity contribution in [2.24, 2.45) is 4.99 Å². The number of aliphatic imine (C=N–C) groups is 1. The number of hydrogen-bond acceptors (Lipinski definition) is 4. The van der Waals surface area contributed by atoms with Crippen LogP contribution in [0.4, 0.5) is 5.69 Å². The molecule has 2 atom stereocenters. The maximum atomic E-state index is 12.1. The number of benzene rings is 1. The van der Waals surface area contributed by atoms with Gasteiger partial charge in [-0.2, -0.15) is 4.99 Å². The molecule has 2 aliphatic heterocycles. The normalized spacial score (nSPS) is 26.8. The standard InChI is InChI=1S/C16H19BrN2O3S2/c1-2-3-7-15(20)18-16-19(12-6-4-5-11(17)8-12)13-9-24(21,22)10-14(13)23-16/h4-6,8,13-14H,2-3,7,9-10H2,1H3/t13-,14+/m0/s1. The van der Waals surface area contributed by atoms with Crippen LogP contribution in [-0.4, -0.2) is 42.3 Å². The molecule has 24 heavy (non-hydrogen) atoms. The summed E-state index contributed by atoms with van der Waals surface area (Å²) in [6.07, 6.45) is 2.20. The third-order valence-electron chi connectivity index (χ3n) is 4.12. The lowest BCUT2D eigenvalue weighted by molar-refractivity contribution is -0.117. The van der Waals surface area contributed by atoms with E-state index in [-0.39, 0.29) is 28.7 Å². The number of fused-ring (bicyclic) bond motifs is 1. The molecule has 0 aromatic heterocycles. The van der Waals surface area contributed by atoms with Gasteiger partial charge < -0.3 is 4.90 Å². The van der Waals surface area contributed by atoms with Gasteiger partial charge in [0, 0.05) is 21.8 Å². The molecular weight excluding hydrogens is 412 g/mol. The Morgan fingerprint density at radius 3 is 2.92 bits per heavy atom. The zero-order chi connectivity index (χ0) is 17.3. The fraction of sp³-hybridized carbons (Fsp3) is 0.500. The Bertz CT molecular complexity index is 779. The van der Waals surface area contributed by atoms with Crippen LogP contribution < -0.4 is 4.90 Å². The lowest BCUT2D eigenvalue weighted by atomic mass is 10.2. The number of anilines is 1. The van der Waals surface area contributed by atoms with Crippen molar-refractivity contribution in [1.29, 1.82) is 0 Å². The van der Waals surface area contributed by atoms with E-state index in [1.807, 2.05) is 36.1 Å². The van der Waals surface area contributed by atoms with E-state index >= 15 is 0 Å². The van der Waals surface area contributed by atoms with E-state index in [2.05, 4.69) is 20.9 Å². The van der Waals surface area contributed by atoms with E-state index in [4.69, 9.17) is 0 Å². The first-order chi connectivity index (χ1) is 11.4.